The smallest absolute Gasteiger partial charge is 0.408 e. The number of carbonyl (C=O) groups is 2. The van der Waals surface area contributed by atoms with Gasteiger partial charge in [-0.25, -0.2) is 14.6 Å². The number of alkyl carbamates (subject to hydrolysis) is 1. The number of nitrogens with one attached hydrogen (secondary N) is 1. The van der Waals surface area contributed by atoms with E-state index in [9.17, 15) is 9.59 Å². The minimum absolute atomic E-state index is 0.0434. The molecule has 1 N–H and O–H groups in total. The second kappa shape index (κ2) is 7.10. The van der Waals surface area contributed by atoms with Crippen LogP contribution in [0.4, 0.5) is 4.79 Å². The summed E-state index contributed by atoms with van der Waals surface area (Å²) in [5, 5.41) is 2.57. The third kappa shape index (κ3) is 4.47. The fourth-order valence-corrected chi connectivity index (χ4v) is 2.45. The Hall–Kier alpha value is -2.05. The van der Waals surface area contributed by atoms with Gasteiger partial charge in [-0.15, -0.1) is 0 Å². The number of ether oxygens (including phenoxy) is 2. The van der Waals surface area contributed by atoms with E-state index in [1.165, 1.54) is 7.11 Å². The molecule has 7 heteroatoms. The first-order chi connectivity index (χ1) is 10.1. The van der Waals surface area contributed by atoms with Gasteiger partial charge >= 0.3 is 12.1 Å². The highest BCUT2D eigenvalue weighted by molar-refractivity contribution is 5.81. The van der Waals surface area contributed by atoms with E-state index in [0.717, 1.165) is 25.7 Å². The van der Waals surface area contributed by atoms with Crippen LogP contribution in [0.1, 0.15) is 31.4 Å². The molecule has 1 atom stereocenters. The second-order valence-electron chi connectivity index (χ2n) is 5.27. The summed E-state index contributed by atoms with van der Waals surface area (Å²) in [6, 6.07) is -0.793. The van der Waals surface area contributed by atoms with Crippen molar-refractivity contribution in [3.63, 3.8) is 0 Å². The van der Waals surface area contributed by atoms with E-state index >= 15 is 0 Å². The first-order valence-electron chi connectivity index (χ1n) is 7.10. The van der Waals surface area contributed by atoms with Crippen molar-refractivity contribution in [2.24, 2.45) is 7.05 Å². The summed E-state index contributed by atoms with van der Waals surface area (Å²) in [7, 11) is 3.13. The summed E-state index contributed by atoms with van der Waals surface area (Å²) in [5.41, 5.74) is 0.703. The zero-order valence-corrected chi connectivity index (χ0v) is 12.4. The van der Waals surface area contributed by atoms with Crippen molar-refractivity contribution >= 4 is 12.1 Å². The van der Waals surface area contributed by atoms with Crippen molar-refractivity contribution < 1.29 is 19.1 Å². The maximum atomic E-state index is 11.9. The number of hydrogen-bond donors (Lipinski definition) is 1. The van der Waals surface area contributed by atoms with Gasteiger partial charge in [-0.1, -0.05) is 0 Å². The van der Waals surface area contributed by atoms with Gasteiger partial charge in [0.25, 0.3) is 0 Å². The molecule has 1 heterocycles. The van der Waals surface area contributed by atoms with Crippen molar-refractivity contribution in [1.29, 1.82) is 0 Å². The summed E-state index contributed by atoms with van der Waals surface area (Å²) in [4.78, 5) is 27.8. The molecule has 0 radical (unpaired) electrons. The van der Waals surface area contributed by atoms with E-state index in [0.29, 0.717) is 5.69 Å². The molecule has 0 spiro atoms. The molecule has 1 aliphatic rings. The zero-order valence-electron chi connectivity index (χ0n) is 12.4. The summed E-state index contributed by atoms with van der Waals surface area (Å²) < 4.78 is 11.8. The molecule has 1 fully saturated rings. The van der Waals surface area contributed by atoms with E-state index in [1.54, 1.807) is 17.1 Å². The minimum atomic E-state index is -0.793. The fraction of sp³-hybridized carbons (Fsp3) is 0.643. The molecule has 2 rings (SSSR count). The molecule has 0 unspecified atom stereocenters. The van der Waals surface area contributed by atoms with Gasteiger partial charge in [0, 0.05) is 19.7 Å². The maximum absolute atomic E-state index is 11.9. The molecule has 0 aromatic carbocycles. The monoisotopic (exact) mass is 295 g/mol. The molecule has 0 aliphatic heterocycles. The Morgan fingerprint density at radius 2 is 2.19 bits per heavy atom. The van der Waals surface area contributed by atoms with E-state index < -0.39 is 18.1 Å². The molecule has 1 aliphatic carbocycles. The van der Waals surface area contributed by atoms with Gasteiger partial charge in [0.1, 0.15) is 12.1 Å². The number of methoxy groups -OCH3 is 1. The number of rotatable bonds is 5. The molecule has 0 saturated heterocycles. The predicted molar refractivity (Wildman–Crippen MR) is 74.6 cm³/mol. The normalized spacial score (nSPS) is 16.5. The highest BCUT2D eigenvalue weighted by Crippen LogP contribution is 2.20. The first-order valence-corrected chi connectivity index (χ1v) is 7.10. The van der Waals surface area contributed by atoms with Crippen molar-refractivity contribution in [3.05, 3.63) is 18.2 Å². The van der Waals surface area contributed by atoms with Crippen molar-refractivity contribution in [2.75, 3.05) is 7.11 Å². The summed E-state index contributed by atoms with van der Waals surface area (Å²) >= 11 is 0. The number of imidazole rings is 1. The number of aromatic nitrogens is 2. The fourth-order valence-electron chi connectivity index (χ4n) is 2.45. The SMILES string of the molecule is COC(=O)[C@H](Cc1cn(C)cn1)NC(=O)OC1CCCC1. The van der Waals surface area contributed by atoms with Crippen LogP contribution in [0.25, 0.3) is 0 Å². The van der Waals surface area contributed by atoms with E-state index in [-0.39, 0.29) is 12.5 Å². The topological polar surface area (TPSA) is 82.5 Å². The summed E-state index contributed by atoms with van der Waals surface area (Å²) in [5.74, 6) is -0.510. The van der Waals surface area contributed by atoms with Crippen LogP contribution in [0.15, 0.2) is 12.5 Å². The van der Waals surface area contributed by atoms with Crippen LogP contribution in [0, 0.1) is 0 Å². The van der Waals surface area contributed by atoms with Crippen molar-refractivity contribution in [2.45, 2.75) is 44.2 Å². The Morgan fingerprint density at radius 1 is 1.48 bits per heavy atom. The van der Waals surface area contributed by atoms with Gasteiger partial charge in [-0.05, 0) is 25.7 Å². The van der Waals surface area contributed by atoms with Crippen molar-refractivity contribution in [3.8, 4) is 0 Å². The first kappa shape index (κ1) is 15.3. The number of carbonyl (C=O) groups excluding carboxylic acids is 2. The molecule has 0 bridgehead atoms. The lowest BCUT2D eigenvalue weighted by Crippen LogP contribution is -2.44. The van der Waals surface area contributed by atoms with Crippen molar-refractivity contribution in [1.82, 2.24) is 14.9 Å². The number of amides is 1. The largest absolute Gasteiger partial charge is 0.467 e. The van der Waals surface area contributed by atoms with E-state index in [1.807, 2.05) is 7.05 Å². The lowest BCUT2D eigenvalue weighted by atomic mass is 10.1. The Balaban J connectivity index is 1.92. The van der Waals surface area contributed by atoms with Crippen LogP contribution < -0.4 is 5.32 Å². The summed E-state index contributed by atoms with van der Waals surface area (Å²) in [6.45, 7) is 0. The molecule has 1 saturated carbocycles. The number of aryl methyl sites for hydroxylation is 1. The van der Waals surface area contributed by atoms with Crippen LogP contribution >= 0.6 is 0 Å². The van der Waals surface area contributed by atoms with Crippen LogP contribution in [0.2, 0.25) is 0 Å². The van der Waals surface area contributed by atoms with Crippen LogP contribution in [-0.2, 0) is 27.7 Å². The highest BCUT2D eigenvalue weighted by Gasteiger charge is 2.26. The lowest BCUT2D eigenvalue weighted by Gasteiger charge is -2.17. The lowest BCUT2D eigenvalue weighted by molar-refractivity contribution is -0.143. The Bertz CT molecular complexity index is 494. The predicted octanol–water partition coefficient (Wildman–Crippen LogP) is 1.17. The van der Waals surface area contributed by atoms with Gasteiger partial charge in [0.15, 0.2) is 0 Å². The Labute approximate surface area is 123 Å². The molecule has 7 nitrogen and oxygen atoms in total. The number of hydrogen-bond acceptors (Lipinski definition) is 5. The quantitative estimate of drug-likeness (QED) is 0.825. The molecular weight excluding hydrogens is 274 g/mol. The molecule has 21 heavy (non-hydrogen) atoms. The second-order valence-corrected chi connectivity index (χ2v) is 5.27. The standard InChI is InChI=1S/C14H21N3O4/c1-17-8-10(15-9-17)7-12(13(18)20-2)16-14(19)21-11-5-3-4-6-11/h8-9,11-12H,3-7H2,1-2H3,(H,16,19)/t12-/m0/s1. The van der Waals surface area contributed by atoms with Gasteiger partial charge < -0.3 is 19.4 Å². The van der Waals surface area contributed by atoms with Gasteiger partial charge in [0.2, 0.25) is 0 Å². The third-order valence-electron chi connectivity index (χ3n) is 3.53. The number of esters is 1. The highest BCUT2D eigenvalue weighted by atomic mass is 16.6. The molecule has 1 amide bonds. The van der Waals surface area contributed by atoms with Crippen LogP contribution in [0.3, 0.4) is 0 Å². The Morgan fingerprint density at radius 3 is 2.76 bits per heavy atom. The van der Waals surface area contributed by atoms with Crippen LogP contribution in [0.5, 0.6) is 0 Å². The third-order valence-corrected chi connectivity index (χ3v) is 3.53. The number of nitrogens with zero attached hydrogens (tertiary/aromatic N) is 2. The van der Waals surface area contributed by atoms with Gasteiger partial charge in [0.05, 0.1) is 19.1 Å². The Kier molecular flexibility index (Phi) is 5.19. The average Bonchev–Trinajstić information content (AvgIpc) is 3.09. The van der Waals surface area contributed by atoms with Gasteiger partial charge in [-0.3, -0.25) is 0 Å². The van der Waals surface area contributed by atoms with Gasteiger partial charge in [-0.2, -0.15) is 0 Å². The van der Waals surface area contributed by atoms with E-state index in [2.05, 4.69) is 10.3 Å². The van der Waals surface area contributed by atoms with E-state index in [4.69, 9.17) is 9.47 Å². The molecule has 1 aromatic rings. The summed E-state index contributed by atoms with van der Waals surface area (Å²) in [6.07, 6.45) is 7.01. The minimum Gasteiger partial charge on any atom is -0.467 e. The zero-order chi connectivity index (χ0) is 15.2. The molecular formula is C14H21N3O4. The molecule has 116 valence electrons. The molecule has 1 aromatic heterocycles. The average molecular weight is 295 g/mol. The maximum Gasteiger partial charge on any atom is 0.408 e. The van der Waals surface area contributed by atoms with Crippen LogP contribution in [-0.4, -0.2) is 40.9 Å².